The van der Waals surface area contributed by atoms with E-state index in [0.717, 1.165) is 5.69 Å². The summed E-state index contributed by atoms with van der Waals surface area (Å²) in [5.41, 5.74) is 8.46. The molecule has 0 aliphatic rings. The topological polar surface area (TPSA) is 12.9 Å². The van der Waals surface area contributed by atoms with Crippen LogP contribution in [0.1, 0.15) is 5.56 Å². The second kappa shape index (κ2) is 15.5. The second-order valence-corrected chi connectivity index (χ2v) is 34.7. The number of aromatic nitrogens is 1. The summed E-state index contributed by atoms with van der Waals surface area (Å²) in [5, 5.41) is 7.64. The van der Waals surface area contributed by atoms with Crippen LogP contribution in [0.4, 0.5) is 0 Å². The third kappa shape index (κ3) is 7.94. The van der Waals surface area contributed by atoms with Crippen LogP contribution in [0, 0.1) is 6.92 Å². The van der Waals surface area contributed by atoms with Gasteiger partial charge in [0.25, 0.3) is 0 Å². The minimum absolute atomic E-state index is 0.224. The Kier molecular flexibility index (Phi) is 11.0. The summed E-state index contributed by atoms with van der Waals surface area (Å²) in [6.07, 6.45) is 1.90. The number of halogens is 2. The zero-order chi connectivity index (χ0) is 32.8. The Labute approximate surface area is 292 Å². The van der Waals surface area contributed by atoms with Gasteiger partial charge in [0.05, 0.1) is 0 Å². The standard InChI is InChI=1S/C24H16N.C16H13.C2H6Si.2ClH.Zr/c1-2-7-17(8-3-1)21-12-6-10-19-15-20(16-23(19)21)24-22-11-5-4-9-18(22)13-14-25-24;1-12-10-14-8-5-9-15(16(14)11-12)13-6-3-2-4-7-13;1-3-2;;;/h1-16H;2-11H,1H3;1-2H3;2*1H;/q2*-1;;;;+2/p-2. The van der Waals surface area contributed by atoms with Crippen LogP contribution in [0.15, 0.2) is 158 Å². The molecule has 8 rings (SSSR count). The van der Waals surface area contributed by atoms with Crippen molar-refractivity contribution < 1.29 is 18.0 Å². The van der Waals surface area contributed by atoms with E-state index in [1.54, 1.807) is 0 Å². The van der Waals surface area contributed by atoms with Gasteiger partial charge in [-0.3, -0.25) is 4.98 Å². The van der Waals surface area contributed by atoms with Gasteiger partial charge in [-0.05, 0) is 28.0 Å². The molecule has 0 aliphatic carbocycles. The van der Waals surface area contributed by atoms with Crippen molar-refractivity contribution in [2.45, 2.75) is 20.0 Å². The number of pyridine rings is 1. The summed E-state index contributed by atoms with van der Waals surface area (Å²) < 4.78 is 0. The minimum atomic E-state index is -1.65. The molecule has 0 unspecified atom stereocenters. The fraction of sp³-hybridized carbons (Fsp3) is 0.0714. The molecule has 0 radical (unpaired) electrons. The maximum absolute atomic E-state index is 5.62. The van der Waals surface area contributed by atoms with Gasteiger partial charge in [0.1, 0.15) is 0 Å². The van der Waals surface area contributed by atoms with Crippen LogP contribution in [0.5, 0.6) is 0 Å². The predicted molar refractivity (Wildman–Crippen MR) is 205 cm³/mol. The van der Waals surface area contributed by atoms with Crippen LogP contribution in [-0.4, -0.2) is 10.4 Å². The molecule has 0 N–H and O–H groups in total. The Morgan fingerprint density at radius 1 is 0.574 bits per heavy atom. The number of hydrogen-bond acceptors (Lipinski definition) is 1. The van der Waals surface area contributed by atoms with Crippen molar-refractivity contribution >= 4 is 54.8 Å². The number of nitrogens with zero attached hydrogens (tertiary/aromatic N) is 1. The first-order valence-corrected chi connectivity index (χ1v) is 28.2. The van der Waals surface area contributed by atoms with Crippen LogP contribution in [-0.2, 0) is 18.0 Å². The molecule has 5 heteroatoms. The van der Waals surface area contributed by atoms with Gasteiger partial charge in [-0.15, -0.1) is 69.1 Å². The first kappa shape index (κ1) is 33.3. The van der Waals surface area contributed by atoms with Crippen molar-refractivity contribution in [3.8, 4) is 33.5 Å². The molecule has 0 fully saturated rings. The van der Waals surface area contributed by atoms with Crippen molar-refractivity contribution in [1.29, 1.82) is 0 Å². The Hall–Kier alpha value is -3.59. The van der Waals surface area contributed by atoms with Gasteiger partial charge in [0, 0.05) is 11.9 Å². The van der Waals surface area contributed by atoms with Crippen LogP contribution in [0.3, 0.4) is 0 Å². The van der Waals surface area contributed by atoms with Gasteiger partial charge in [0.2, 0.25) is 0 Å². The fourth-order valence-corrected chi connectivity index (χ4v) is 5.84. The summed E-state index contributed by atoms with van der Waals surface area (Å²) in [5.74, 6) is 0. The molecule has 0 spiro atoms. The normalized spacial score (nSPS) is 10.7. The Bertz CT molecular complexity index is 2280. The number of aryl methyl sites for hydroxylation is 1. The van der Waals surface area contributed by atoms with Crippen molar-refractivity contribution in [3.63, 3.8) is 0 Å². The number of fused-ring (bicyclic) bond motifs is 3. The number of hydrogen-bond donors (Lipinski definition) is 0. The van der Waals surface area contributed by atoms with E-state index in [1.807, 2.05) is 6.20 Å². The van der Waals surface area contributed by atoms with E-state index in [2.05, 4.69) is 177 Å². The van der Waals surface area contributed by atoms with Gasteiger partial charge < -0.3 is 0 Å². The first-order chi connectivity index (χ1) is 22.9. The van der Waals surface area contributed by atoms with E-state index in [0.29, 0.717) is 0 Å². The monoisotopic (exact) mass is 741 g/mol. The van der Waals surface area contributed by atoms with Crippen LogP contribution in [0.25, 0.3) is 65.8 Å². The van der Waals surface area contributed by atoms with Crippen molar-refractivity contribution in [2.75, 3.05) is 0 Å². The molecule has 1 nitrogen and oxygen atoms in total. The molecule has 0 bridgehead atoms. The van der Waals surface area contributed by atoms with E-state index in [4.69, 9.17) is 17.0 Å². The number of benzene rings is 5. The zero-order valence-corrected chi connectivity index (χ0v) is 31.7. The van der Waals surface area contributed by atoms with E-state index >= 15 is 0 Å². The van der Waals surface area contributed by atoms with Crippen molar-refractivity contribution in [3.05, 3.63) is 163 Å². The molecule has 1 heterocycles. The SMILES string of the molecule is C[Si](C)=[Zr]([Cl])[Cl].Cc1cc2c(-c3ccccc3)cccc2[cH-]1.c1ccc(-c2cccc3[cH-]c(-c4nccc5ccccc45)cc23)cc1. The van der Waals surface area contributed by atoms with Gasteiger partial charge in [-0.2, -0.15) is 6.07 Å². The largest absolute Gasteiger partial charge is 0.294 e. The molecule has 232 valence electrons. The van der Waals surface area contributed by atoms with E-state index in [-0.39, 0.29) is 5.43 Å². The molecule has 47 heavy (non-hydrogen) atoms. The van der Waals surface area contributed by atoms with Gasteiger partial charge in [-0.1, -0.05) is 121 Å². The molecule has 0 saturated carbocycles. The summed E-state index contributed by atoms with van der Waals surface area (Å²) in [4.78, 5) is 4.67. The maximum Gasteiger partial charge on any atom is 0.0189 e. The van der Waals surface area contributed by atoms with Gasteiger partial charge in [-0.25, -0.2) is 0 Å². The molecule has 1 aromatic heterocycles. The summed E-state index contributed by atoms with van der Waals surface area (Å²) >= 11 is -1.65. The van der Waals surface area contributed by atoms with Crippen LogP contribution in [0.2, 0.25) is 13.1 Å². The molecule has 8 aromatic rings. The maximum atomic E-state index is 5.62. The summed E-state index contributed by atoms with van der Waals surface area (Å²) in [6.45, 7) is 6.48. The van der Waals surface area contributed by atoms with Gasteiger partial charge in [0.15, 0.2) is 0 Å². The fourth-order valence-electron chi connectivity index (χ4n) is 5.84. The van der Waals surface area contributed by atoms with E-state index < -0.39 is 18.0 Å². The van der Waals surface area contributed by atoms with Crippen LogP contribution < -0.4 is 0 Å². The van der Waals surface area contributed by atoms with Crippen molar-refractivity contribution in [2.24, 2.45) is 0 Å². The van der Waals surface area contributed by atoms with E-state index in [1.165, 1.54) is 65.7 Å². The molecule has 0 aliphatic heterocycles. The third-order valence-corrected chi connectivity index (χ3v) is 27.9. The molecule has 7 aromatic carbocycles. The Morgan fingerprint density at radius 3 is 1.70 bits per heavy atom. The molecular formula is C42H35Cl2NSiZr-2. The van der Waals surface area contributed by atoms with Crippen molar-refractivity contribution in [1.82, 2.24) is 4.98 Å². The average Bonchev–Trinajstić information content (AvgIpc) is 3.72. The number of rotatable bonds is 3. The molecule has 0 saturated heterocycles. The van der Waals surface area contributed by atoms with Gasteiger partial charge >= 0.3 is 53.5 Å². The summed E-state index contributed by atoms with van der Waals surface area (Å²) in [6, 6.07) is 53.6. The Morgan fingerprint density at radius 2 is 1.11 bits per heavy atom. The smallest absolute Gasteiger partial charge is 0.0189 e. The average molecular weight is 744 g/mol. The molecular weight excluding hydrogens is 709 g/mol. The zero-order valence-electron chi connectivity index (χ0n) is 26.7. The third-order valence-electron chi connectivity index (χ3n) is 8.14. The van der Waals surface area contributed by atoms with E-state index in [9.17, 15) is 0 Å². The second-order valence-electron chi connectivity index (χ2n) is 11.8. The molecule has 0 amide bonds. The Balaban J connectivity index is 0.000000150. The molecule has 0 atom stereocenters. The van der Waals surface area contributed by atoms with Crippen LogP contribution >= 0.6 is 17.0 Å². The summed E-state index contributed by atoms with van der Waals surface area (Å²) in [7, 11) is 11.2. The minimum Gasteiger partial charge on any atom is -0.294 e. The quantitative estimate of drug-likeness (QED) is 0.130. The predicted octanol–water partition coefficient (Wildman–Crippen LogP) is 13.1. The first-order valence-electron chi connectivity index (χ1n) is 15.7.